The number of carbonyl (C=O) groups is 3. The summed E-state index contributed by atoms with van der Waals surface area (Å²) in [5.74, 6) is -0.869. The Morgan fingerprint density at radius 2 is 2.03 bits per heavy atom. The van der Waals surface area contributed by atoms with Gasteiger partial charge in [0.2, 0.25) is 5.91 Å². The number of thioether (sulfide) groups is 1. The van der Waals surface area contributed by atoms with E-state index in [0.29, 0.717) is 28.5 Å². The normalized spacial score (nSPS) is 13.3. The van der Waals surface area contributed by atoms with Crippen LogP contribution in [0.25, 0.3) is 10.2 Å². The highest BCUT2D eigenvalue weighted by atomic mass is 79.9. The molecule has 0 aliphatic heterocycles. The zero-order chi connectivity index (χ0) is 24.9. The maximum Gasteiger partial charge on any atom is 0.341 e. The Morgan fingerprint density at radius 3 is 2.80 bits per heavy atom. The molecular formula is C23H24BrN3O5S3. The number of carbonyl (C=O) groups excluding carboxylic acids is 3. The Kier molecular flexibility index (Phi) is 8.82. The van der Waals surface area contributed by atoms with Crippen LogP contribution in [0.2, 0.25) is 0 Å². The summed E-state index contributed by atoms with van der Waals surface area (Å²) in [6, 6.07) is 5.93. The molecule has 1 aliphatic rings. The molecule has 8 nitrogen and oxygen atoms in total. The number of aromatic nitrogens is 1. The number of fused-ring (bicyclic) bond motifs is 2. The van der Waals surface area contributed by atoms with Crippen LogP contribution in [0, 0.1) is 0 Å². The molecule has 1 aromatic carbocycles. The molecule has 0 fully saturated rings. The number of esters is 1. The van der Waals surface area contributed by atoms with E-state index in [1.807, 2.05) is 22.8 Å². The number of methoxy groups -OCH3 is 2. The lowest BCUT2D eigenvalue weighted by atomic mass is 10.1. The fourth-order valence-electron chi connectivity index (χ4n) is 3.87. The molecule has 35 heavy (non-hydrogen) atoms. The Balaban J connectivity index is 1.40. The lowest BCUT2D eigenvalue weighted by Gasteiger charge is -2.06. The third-order valence-electron chi connectivity index (χ3n) is 5.41. The number of benzene rings is 1. The summed E-state index contributed by atoms with van der Waals surface area (Å²) in [5.41, 5.74) is 2.43. The first-order chi connectivity index (χ1) is 16.9. The SMILES string of the molecule is COCCn1c(=NC(=O)CSCC(=O)Nc2sc3c(c2C(=O)OC)CCC3)sc2cc(Br)ccc21. The Hall–Kier alpha value is -1.99. The molecule has 0 spiro atoms. The molecule has 0 atom stereocenters. The highest BCUT2D eigenvalue weighted by Crippen LogP contribution is 2.39. The van der Waals surface area contributed by atoms with Gasteiger partial charge in [-0.3, -0.25) is 9.59 Å². The first-order valence-electron chi connectivity index (χ1n) is 10.9. The summed E-state index contributed by atoms with van der Waals surface area (Å²) in [5, 5.41) is 3.36. The van der Waals surface area contributed by atoms with Gasteiger partial charge in [0.1, 0.15) is 5.00 Å². The topological polar surface area (TPSA) is 99.0 Å². The van der Waals surface area contributed by atoms with Gasteiger partial charge in [-0.2, -0.15) is 4.99 Å². The summed E-state index contributed by atoms with van der Waals surface area (Å²) in [4.78, 5) is 43.4. The molecule has 3 aromatic rings. The average Bonchev–Trinajstić information content (AvgIpc) is 3.49. The van der Waals surface area contributed by atoms with Crippen LogP contribution >= 0.6 is 50.4 Å². The molecule has 0 saturated carbocycles. The van der Waals surface area contributed by atoms with Crippen LogP contribution in [0.15, 0.2) is 27.7 Å². The van der Waals surface area contributed by atoms with E-state index in [1.165, 1.54) is 41.5 Å². The van der Waals surface area contributed by atoms with E-state index in [9.17, 15) is 14.4 Å². The van der Waals surface area contributed by atoms with Crippen molar-refractivity contribution in [2.45, 2.75) is 25.8 Å². The van der Waals surface area contributed by atoms with Crippen molar-refractivity contribution in [1.29, 1.82) is 0 Å². The highest BCUT2D eigenvalue weighted by Gasteiger charge is 2.28. The number of thiazole rings is 1. The maximum atomic E-state index is 12.6. The smallest absolute Gasteiger partial charge is 0.341 e. The van der Waals surface area contributed by atoms with Gasteiger partial charge in [0.25, 0.3) is 5.91 Å². The Bertz CT molecular complexity index is 1340. The maximum absolute atomic E-state index is 12.6. The molecular weight excluding hydrogens is 574 g/mol. The molecule has 2 amide bonds. The third-order valence-corrected chi connectivity index (χ3v) is 9.07. The number of anilines is 1. The van der Waals surface area contributed by atoms with Gasteiger partial charge in [-0.15, -0.1) is 23.1 Å². The first kappa shape index (κ1) is 26.1. The van der Waals surface area contributed by atoms with Crippen molar-refractivity contribution in [3.63, 3.8) is 0 Å². The second-order valence-corrected chi connectivity index (χ2v) is 11.8. The van der Waals surface area contributed by atoms with Crippen molar-refractivity contribution in [2.24, 2.45) is 4.99 Å². The van der Waals surface area contributed by atoms with Gasteiger partial charge in [0, 0.05) is 23.0 Å². The van der Waals surface area contributed by atoms with E-state index >= 15 is 0 Å². The number of aryl methyl sites for hydroxylation is 1. The minimum Gasteiger partial charge on any atom is -0.465 e. The number of hydrogen-bond donors (Lipinski definition) is 1. The number of thiophene rings is 1. The van der Waals surface area contributed by atoms with Crippen LogP contribution < -0.4 is 10.1 Å². The van der Waals surface area contributed by atoms with E-state index in [-0.39, 0.29) is 23.3 Å². The number of nitrogens with zero attached hydrogens (tertiary/aromatic N) is 2. The van der Waals surface area contributed by atoms with Gasteiger partial charge in [-0.05, 0) is 43.0 Å². The minimum absolute atomic E-state index is 0.0699. The molecule has 1 aliphatic carbocycles. The fraction of sp³-hybridized carbons (Fsp3) is 0.391. The van der Waals surface area contributed by atoms with Crippen molar-refractivity contribution < 1.29 is 23.9 Å². The van der Waals surface area contributed by atoms with Gasteiger partial charge in [-0.1, -0.05) is 27.3 Å². The second kappa shape index (κ2) is 11.8. The van der Waals surface area contributed by atoms with Crippen molar-refractivity contribution in [2.75, 3.05) is 37.6 Å². The van der Waals surface area contributed by atoms with Crippen LogP contribution in [0.5, 0.6) is 0 Å². The molecule has 12 heteroatoms. The van der Waals surface area contributed by atoms with E-state index in [1.54, 1.807) is 7.11 Å². The Morgan fingerprint density at radius 1 is 1.20 bits per heavy atom. The Labute approximate surface area is 222 Å². The van der Waals surface area contributed by atoms with E-state index in [0.717, 1.165) is 44.4 Å². The van der Waals surface area contributed by atoms with E-state index in [4.69, 9.17) is 9.47 Å². The number of ether oxygens (including phenoxy) is 2. The number of amides is 2. The second-order valence-electron chi connectivity index (χ2n) is 7.74. The summed E-state index contributed by atoms with van der Waals surface area (Å²) in [7, 11) is 2.97. The van der Waals surface area contributed by atoms with Crippen LogP contribution in [0.4, 0.5) is 5.00 Å². The summed E-state index contributed by atoms with van der Waals surface area (Å²) in [6.45, 7) is 1.07. The van der Waals surface area contributed by atoms with Gasteiger partial charge >= 0.3 is 5.97 Å². The molecule has 186 valence electrons. The molecule has 2 heterocycles. The summed E-state index contributed by atoms with van der Waals surface area (Å²) >= 11 is 7.53. The molecule has 0 unspecified atom stereocenters. The third kappa shape index (κ3) is 6.05. The van der Waals surface area contributed by atoms with Gasteiger partial charge < -0.3 is 19.4 Å². The van der Waals surface area contributed by atoms with E-state index in [2.05, 4.69) is 26.2 Å². The molecule has 1 N–H and O–H groups in total. The van der Waals surface area contributed by atoms with Crippen molar-refractivity contribution >= 4 is 83.4 Å². The lowest BCUT2D eigenvalue weighted by Crippen LogP contribution is -2.20. The van der Waals surface area contributed by atoms with Gasteiger partial charge in [0.05, 0.1) is 41.0 Å². The van der Waals surface area contributed by atoms with Crippen LogP contribution in [0.3, 0.4) is 0 Å². The monoisotopic (exact) mass is 597 g/mol. The van der Waals surface area contributed by atoms with Gasteiger partial charge in [0.15, 0.2) is 4.80 Å². The number of rotatable bonds is 9. The van der Waals surface area contributed by atoms with Crippen LogP contribution in [0.1, 0.15) is 27.2 Å². The van der Waals surface area contributed by atoms with Crippen LogP contribution in [-0.2, 0) is 38.4 Å². The number of halogens is 1. The summed E-state index contributed by atoms with van der Waals surface area (Å²) in [6.07, 6.45) is 2.73. The molecule has 0 radical (unpaired) electrons. The molecule has 4 rings (SSSR count). The minimum atomic E-state index is -0.432. The predicted octanol–water partition coefficient (Wildman–Crippen LogP) is 4.25. The van der Waals surface area contributed by atoms with Crippen LogP contribution in [-0.4, -0.2) is 54.7 Å². The zero-order valence-electron chi connectivity index (χ0n) is 19.2. The largest absolute Gasteiger partial charge is 0.465 e. The fourth-order valence-corrected chi connectivity index (χ4v) is 7.39. The quantitative estimate of drug-likeness (QED) is 0.370. The number of hydrogen-bond acceptors (Lipinski definition) is 8. The number of nitrogens with one attached hydrogen (secondary N) is 1. The zero-order valence-corrected chi connectivity index (χ0v) is 23.3. The summed E-state index contributed by atoms with van der Waals surface area (Å²) < 4.78 is 14.1. The standard InChI is InChI=1S/C23H24BrN3O5S3/c1-31-9-8-27-15-7-6-13(24)10-17(15)35-23(27)26-19(29)12-33-11-18(28)25-21-20(22(30)32-2)14-4-3-5-16(14)34-21/h6-7,10H,3-5,8-9,11-12H2,1-2H3,(H,25,28). The van der Waals surface area contributed by atoms with Crippen molar-refractivity contribution in [3.8, 4) is 0 Å². The average molecular weight is 599 g/mol. The van der Waals surface area contributed by atoms with E-state index < -0.39 is 5.97 Å². The first-order valence-corrected chi connectivity index (χ1v) is 14.4. The molecule has 0 saturated heterocycles. The molecule has 2 aromatic heterocycles. The predicted molar refractivity (Wildman–Crippen MR) is 144 cm³/mol. The lowest BCUT2D eigenvalue weighted by molar-refractivity contribution is -0.115. The molecule has 0 bridgehead atoms. The van der Waals surface area contributed by atoms with Gasteiger partial charge in [-0.25, -0.2) is 4.79 Å². The van der Waals surface area contributed by atoms with Crippen molar-refractivity contribution in [3.05, 3.63) is 43.5 Å². The van der Waals surface area contributed by atoms with Crippen molar-refractivity contribution in [1.82, 2.24) is 4.57 Å². The highest BCUT2D eigenvalue weighted by molar-refractivity contribution is 9.10.